The summed E-state index contributed by atoms with van der Waals surface area (Å²) in [6.07, 6.45) is -2.33. The third-order valence-corrected chi connectivity index (χ3v) is 3.89. The minimum absolute atomic E-state index is 0.0578. The molecule has 6 nitrogen and oxygen atoms in total. The lowest BCUT2D eigenvalue weighted by Gasteiger charge is -2.17. The van der Waals surface area contributed by atoms with Crippen LogP contribution in [0.2, 0.25) is 0 Å². The van der Waals surface area contributed by atoms with Crippen LogP contribution in [0.15, 0.2) is 6.20 Å². The lowest BCUT2D eigenvalue weighted by atomic mass is 10.1. The Hall–Kier alpha value is -1.42. The zero-order chi connectivity index (χ0) is 14.8. The van der Waals surface area contributed by atoms with Gasteiger partial charge in [-0.2, -0.15) is 13.2 Å². The number of halogens is 3. The third-order valence-electron chi connectivity index (χ3n) is 2.99. The molecule has 1 saturated heterocycles. The number of aromatic nitrogens is 1. The summed E-state index contributed by atoms with van der Waals surface area (Å²) in [5.41, 5.74) is 0. The first kappa shape index (κ1) is 15.0. The lowest BCUT2D eigenvalue weighted by molar-refractivity contribution is -0.380. The summed E-state index contributed by atoms with van der Waals surface area (Å²) in [5.74, 6) is 0.0975. The van der Waals surface area contributed by atoms with Crippen LogP contribution in [0.1, 0.15) is 6.42 Å². The Balaban J connectivity index is 1.76. The fourth-order valence-electron chi connectivity index (χ4n) is 2.14. The van der Waals surface area contributed by atoms with Crippen LogP contribution in [0.4, 0.5) is 23.3 Å². The van der Waals surface area contributed by atoms with Gasteiger partial charge in [-0.05, 0) is 30.2 Å². The molecule has 1 aromatic heterocycles. The zero-order valence-electron chi connectivity index (χ0n) is 10.4. The van der Waals surface area contributed by atoms with E-state index < -0.39 is 17.6 Å². The molecule has 112 valence electrons. The van der Waals surface area contributed by atoms with Crippen molar-refractivity contribution in [3.63, 3.8) is 0 Å². The Morgan fingerprint density at radius 3 is 2.95 bits per heavy atom. The van der Waals surface area contributed by atoms with Gasteiger partial charge >= 0.3 is 11.2 Å². The second kappa shape index (κ2) is 5.92. The van der Waals surface area contributed by atoms with E-state index in [9.17, 15) is 23.3 Å². The second-order valence-corrected chi connectivity index (χ2v) is 5.66. The van der Waals surface area contributed by atoms with Crippen LogP contribution in [0, 0.1) is 16.0 Å². The van der Waals surface area contributed by atoms with Gasteiger partial charge in [-0.25, -0.2) is 4.98 Å². The number of anilines is 1. The highest BCUT2D eigenvalue weighted by Crippen LogP contribution is 2.26. The van der Waals surface area contributed by atoms with E-state index in [0.717, 1.165) is 17.5 Å². The standard InChI is InChI=1S/C10H13F3N4O2S/c11-10(12,13)6-16-2-1-7(5-16)3-14-9-15-4-8(20-9)17(18)19/h4,7H,1-3,5-6H2,(H,14,15)/t7-/m0/s1. The second-order valence-electron chi connectivity index (χ2n) is 4.65. The quantitative estimate of drug-likeness (QED) is 0.667. The summed E-state index contributed by atoms with van der Waals surface area (Å²) in [7, 11) is 0. The predicted octanol–water partition coefficient (Wildman–Crippen LogP) is 2.35. The molecule has 0 aliphatic carbocycles. The molecule has 1 aliphatic heterocycles. The summed E-state index contributed by atoms with van der Waals surface area (Å²) in [5, 5.41) is 13.8. The van der Waals surface area contributed by atoms with Crippen LogP contribution in [-0.2, 0) is 0 Å². The van der Waals surface area contributed by atoms with Gasteiger partial charge in [-0.3, -0.25) is 15.0 Å². The van der Waals surface area contributed by atoms with E-state index in [4.69, 9.17) is 0 Å². The molecule has 2 heterocycles. The first-order valence-electron chi connectivity index (χ1n) is 5.96. The average Bonchev–Trinajstić information content (AvgIpc) is 2.92. The number of thiazole rings is 1. The van der Waals surface area contributed by atoms with Gasteiger partial charge in [0.1, 0.15) is 6.20 Å². The molecule has 1 aliphatic rings. The van der Waals surface area contributed by atoms with E-state index in [2.05, 4.69) is 10.3 Å². The van der Waals surface area contributed by atoms with Crippen molar-refractivity contribution < 1.29 is 18.1 Å². The highest BCUT2D eigenvalue weighted by molar-refractivity contribution is 7.18. The molecule has 1 atom stereocenters. The molecule has 1 aromatic rings. The van der Waals surface area contributed by atoms with Gasteiger partial charge in [0.2, 0.25) is 0 Å². The van der Waals surface area contributed by atoms with Gasteiger partial charge in [0, 0.05) is 13.1 Å². The number of hydrogen-bond acceptors (Lipinski definition) is 6. The summed E-state index contributed by atoms with van der Waals surface area (Å²) in [4.78, 5) is 15.2. The van der Waals surface area contributed by atoms with Crippen LogP contribution < -0.4 is 5.32 Å². The molecule has 0 saturated carbocycles. The average molecular weight is 310 g/mol. The molecule has 20 heavy (non-hydrogen) atoms. The van der Waals surface area contributed by atoms with Gasteiger partial charge in [0.15, 0.2) is 5.13 Å². The molecule has 10 heteroatoms. The number of alkyl halides is 3. The number of likely N-dealkylation sites (tertiary alicyclic amines) is 1. The molecule has 0 unspecified atom stereocenters. The van der Waals surface area contributed by atoms with Crippen molar-refractivity contribution in [3.8, 4) is 0 Å². The number of rotatable bonds is 5. The van der Waals surface area contributed by atoms with E-state index in [1.807, 2.05) is 0 Å². The molecule has 0 radical (unpaired) electrons. The van der Waals surface area contributed by atoms with Crippen molar-refractivity contribution in [1.29, 1.82) is 0 Å². The van der Waals surface area contributed by atoms with Crippen molar-refractivity contribution >= 4 is 21.5 Å². The Morgan fingerprint density at radius 1 is 1.60 bits per heavy atom. The van der Waals surface area contributed by atoms with Crippen molar-refractivity contribution in [2.75, 3.05) is 31.5 Å². The van der Waals surface area contributed by atoms with E-state index in [1.54, 1.807) is 0 Å². The summed E-state index contributed by atoms with van der Waals surface area (Å²) < 4.78 is 36.7. The molecule has 2 rings (SSSR count). The summed E-state index contributed by atoms with van der Waals surface area (Å²) >= 11 is 0.920. The molecular formula is C10H13F3N4O2S. The highest BCUT2D eigenvalue weighted by atomic mass is 32.1. The third kappa shape index (κ3) is 4.30. The maximum absolute atomic E-state index is 12.2. The van der Waals surface area contributed by atoms with Crippen LogP contribution in [0.5, 0.6) is 0 Å². The van der Waals surface area contributed by atoms with Crippen molar-refractivity contribution in [3.05, 3.63) is 16.3 Å². The van der Waals surface area contributed by atoms with E-state index >= 15 is 0 Å². The van der Waals surface area contributed by atoms with Gasteiger partial charge in [-0.15, -0.1) is 0 Å². The Bertz CT molecular complexity index is 479. The number of nitro groups is 1. The van der Waals surface area contributed by atoms with Crippen LogP contribution in [0.3, 0.4) is 0 Å². The Kier molecular flexibility index (Phi) is 4.43. The number of nitrogens with zero attached hydrogens (tertiary/aromatic N) is 3. The van der Waals surface area contributed by atoms with Gasteiger partial charge in [-0.1, -0.05) is 0 Å². The van der Waals surface area contributed by atoms with Gasteiger partial charge < -0.3 is 5.32 Å². The molecule has 0 bridgehead atoms. The van der Waals surface area contributed by atoms with Crippen LogP contribution >= 0.6 is 11.3 Å². The first-order valence-corrected chi connectivity index (χ1v) is 6.78. The Labute approximate surface area is 116 Å². The van der Waals surface area contributed by atoms with Gasteiger partial charge in [0.05, 0.1) is 11.5 Å². The van der Waals surface area contributed by atoms with Gasteiger partial charge in [0.25, 0.3) is 0 Å². The van der Waals surface area contributed by atoms with Crippen molar-refractivity contribution in [2.45, 2.75) is 12.6 Å². The molecule has 0 spiro atoms. The zero-order valence-corrected chi connectivity index (χ0v) is 11.2. The predicted molar refractivity (Wildman–Crippen MR) is 67.9 cm³/mol. The smallest absolute Gasteiger partial charge is 0.361 e. The monoisotopic (exact) mass is 310 g/mol. The summed E-state index contributed by atoms with van der Waals surface area (Å²) in [6.45, 7) is 0.384. The fraction of sp³-hybridized carbons (Fsp3) is 0.700. The van der Waals surface area contributed by atoms with Crippen molar-refractivity contribution in [2.24, 2.45) is 5.92 Å². The maximum Gasteiger partial charge on any atom is 0.401 e. The van der Waals surface area contributed by atoms with Crippen LogP contribution in [0.25, 0.3) is 0 Å². The normalized spacial score (nSPS) is 20.2. The largest absolute Gasteiger partial charge is 0.401 e. The Morgan fingerprint density at radius 2 is 2.35 bits per heavy atom. The molecule has 0 amide bonds. The van der Waals surface area contributed by atoms with E-state index in [-0.39, 0.29) is 10.9 Å². The highest BCUT2D eigenvalue weighted by Gasteiger charge is 2.34. The number of hydrogen-bond donors (Lipinski definition) is 1. The fourth-order valence-corrected chi connectivity index (χ4v) is 2.78. The molecular weight excluding hydrogens is 297 g/mol. The van der Waals surface area contributed by atoms with E-state index in [1.165, 1.54) is 4.90 Å². The summed E-state index contributed by atoms with van der Waals surface area (Å²) in [6, 6.07) is 0. The van der Waals surface area contributed by atoms with E-state index in [0.29, 0.717) is 31.2 Å². The lowest BCUT2D eigenvalue weighted by Crippen LogP contribution is -2.33. The molecule has 0 aromatic carbocycles. The minimum atomic E-state index is -4.17. The molecule has 1 fully saturated rings. The maximum atomic E-state index is 12.2. The first-order chi connectivity index (χ1) is 9.33. The molecule has 1 N–H and O–H groups in total. The minimum Gasteiger partial charge on any atom is -0.361 e. The number of nitrogens with one attached hydrogen (secondary N) is 1. The SMILES string of the molecule is O=[N+]([O-])c1cnc(NC[C@@H]2CCN(CC(F)(F)F)C2)s1. The van der Waals surface area contributed by atoms with Crippen molar-refractivity contribution in [1.82, 2.24) is 9.88 Å². The topological polar surface area (TPSA) is 71.3 Å². The van der Waals surface area contributed by atoms with Crippen LogP contribution in [-0.4, -0.2) is 47.2 Å².